The largest absolute Gasteiger partial charge is 0.465 e. The quantitative estimate of drug-likeness (QED) is 0.207. The molecule has 8 rings (SSSR count). The van der Waals surface area contributed by atoms with Crippen LogP contribution in [0.1, 0.15) is 59.8 Å². The lowest BCUT2D eigenvalue weighted by Crippen LogP contribution is -2.49. The first kappa shape index (κ1) is 27.5. The van der Waals surface area contributed by atoms with Crippen molar-refractivity contribution in [3.05, 3.63) is 70.8 Å². The molecule has 0 radical (unpaired) electrons. The molecule has 7 unspecified atom stereocenters. The Balaban J connectivity index is 1.19. The maximum atomic E-state index is 14.1. The van der Waals surface area contributed by atoms with Crippen LogP contribution >= 0.6 is 0 Å². The summed E-state index contributed by atoms with van der Waals surface area (Å²) in [6.07, 6.45) is -1.53. The fraction of sp³-hybridized carbons (Fsp3) is 0.500. The van der Waals surface area contributed by atoms with Crippen LogP contribution in [-0.2, 0) is 38.7 Å². The highest BCUT2D eigenvalue weighted by Crippen LogP contribution is 2.60. The summed E-state index contributed by atoms with van der Waals surface area (Å²) in [6.45, 7) is -0.533. The zero-order valence-electron chi connectivity index (χ0n) is 22.2. The zero-order chi connectivity index (χ0) is 29.6. The number of fused-ring (bicyclic) bond motifs is 2. The second kappa shape index (κ2) is 9.57. The monoisotopic (exact) mass is 602 g/mol. The average molecular weight is 603 g/mol. The van der Waals surface area contributed by atoms with Crippen molar-refractivity contribution in [3.8, 4) is 0 Å². The number of carbonyl (C=O) groups is 3. The molecule has 222 valence electrons. The molecule has 3 fully saturated rings. The third-order valence-corrected chi connectivity index (χ3v) is 10.8. The molecule has 7 atom stereocenters. The van der Waals surface area contributed by atoms with Gasteiger partial charge in [-0.25, -0.2) is 0 Å². The molecule has 0 spiro atoms. The Morgan fingerprint density at radius 1 is 0.929 bits per heavy atom. The normalized spacial score (nSPS) is 33.6. The van der Waals surface area contributed by atoms with Gasteiger partial charge in [-0.15, -0.1) is 0 Å². The van der Waals surface area contributed by atoms with E-state index in [1.54, 1.807) is 0 Å². The Hall–Kier alpha value is -3.38. The molecule has 2 saturated carbocycles. The number of ether oxygens (including phenoxy) is 3. The number of hydrogen-bond donors (Lipinski definition) is 1. The van der Waals surface area contributed by atoms with E-state index in [1.807, 2.05) is 48.5 Å². The van der Waals surface area contributed by atoms with E-state index in [0.717, 1.165) is 28.7 Å². The molecule has 1 saturated heterocycles. The van der Waals surface area contributed by atoms with Crippen LogP contribution in [0.15, 0.2) is 48.5 Å². The molecule has 42 heavy (non-hydrogen) atoms. The van der Waals surface area contributed by atoms with E-state index in [2.05, 4.69) is 0 Å². The predicted octanol–water partition coefficient (Wildman–Crippen LogP) is 3.81. The summed E-state index contributed by atoms with van der Waals surface area (Å²) in [5.74, 6) is -4.92. The average Bonchev–Trinajstić information content (AvgIpc) is 3.59. The van der Waals surface area contributed by atoms with E-state index in [1.165, 1.54) is 0 Å². The van der Waals surface area contributed by atoms with Gasteiger partial charge in [0.15, 0.2) is 0 Å². The van der Waals surface area contributed by atoms with Gasteiger partial charge in [-0.1, -0.05) is 48.5 Å². The highest BCUT2D eigenvalue weighted by molar-refractivity contribution is 7.86. The number of hydrogen-bond acceptors (Lipinski definition) is 8. The highest BCUT2D eigenvalue weighted by atomic mass is 32.2. The van der Waals surface area contributed by atoms with Crippen LogP contribution in [0, 0.1) is 29.6 Å². The maximum Gasteiger partial charge on any atom is 0.370 e. The van der Waals surface area contributed by atoms with Gasteiger partial charge in [0.2, 0.25) is 0 Å². The Kier molecular flexibility index (Phi) is 6.25. The minimum atomic E-state index is -5.61. The van der Waals surface area contributed by atoms with E-state index >= 15 is 0 Å². The van der Waals surface area contributed by atoms with E-state index in [0.29, 0.717) is 6.42 Å². The molecule has 4 bridgehead atoms. The first-order valence-corrected chi connectivity index (χ1v) is 15.5. The maximum absolute atomic E-state index is 14.1. The van der Waals surface area contributed by atoms with Gasteiger partial charge in [-0.05, 0) is 41.5 Å². The second-order valence-corrected chi connectivity index (χ2v) is 13.5. The Morgan fingerprint density at radius 2 is 1.48 bits per heavy atom. The molecule has 2 aromatic carbocycles. The minimum absolute atomic E-state index is 0.00405. The van der Waals surface area contributed by atoms with Gasteiger partial charge in [-0.3, -0.25) is 18.9 Å². The number of carbonyl (C=O) groups excluding carboxylic acids is 3. The Bertz CT molecular complexity index is 1540. The number of alkyl halides is 2. The third kappa shape index (κ3) is 4.01. The molecule has 1 heterocycles. The highest BCUT2D eigenvalue weighted by Gasteiger charge is 2.64. The lowest BCUT2D eigenvalue weighted by Gasteiger charge is -2.48. The van der Waals surface area contributed by atoms with Crippen molar-refractivity contribution >= 4 is 28.0 Å². The van der Waals surface area contributed by atoms with Crippen LogP contribution in [0.5, 0.6) is 0 Å². The number of benzene rings is 2. The molecule has 0 amide bonds. The van der Waals surface area contributed by atoms with Gasteiger partial charge in [0.1, 0.15) is 12.2 Å². The molecule has 1 N–H and O–H groups in total. The van der Waals surface area contributed by atoms with Gasteiger partial charge >= 0.3 is 33.3 Å². The SMILES string of the molecule is O=C1OC2C3CC(CC13)C2OC(=O)C1C2c3ccccc3C(c3ccccc32)C1C(=O)OCCCC(F)(F)S(=O)(=O)O. The van der Waals surface area contributed by atoms with Crippen molar-refractivity contribution in [2.75, 3.05) is 6.61 Å². The van der Waals surface area contributed by atoms with E-state index in [-0.39, 0.29) is 23.7 Å². The van der Waals surface area contributed by atoms with Crippen molar-refractivity contribution in [2.24, 2.45) is 29.6 Å². The first-order chi connectivity index (χ1) is 20.0. The number of halogens is 2. The fourth-order valence-corrected chi connectivity index (χ4v) is 8.60. The van der Waals surface area contributed by atoms with E-state index in [9.17, 15) is 31.6 Å². The predicted molar refractivity (Wildman–Crippen MR) is 140 cm³/mol. The van der Waals surface area contributed by atoms with Gasteiger partial charge in [0, 0.05) is 30.1 Å². The molecule has 5 aliphatic carbocycles. The van der Waals surface area contributed by atoms with Crippen LogP contribution in [0.3, 0.4) is 0 Å². The van der Waals surface area contributed by atoms with Crippen LogP contribution in [0.25, 0.3) is 0 Å². The minimum Gasteiger partial charge on any atom is -0.465 e. The van der Waals surface area contributed by atoms with Crippen LogP contribution in [-0.4, -0.2) is 54.9 Å². The summed E-state index contributed by atoms with van der Waals surface area (Å²) < 4.78 is 75.2. The molecule has 2 aromatic rings. The summed E-state index contributed by atoms with van der Waals surface area (Å²) in [6, 6.07) is 15.0. The van der Waals surface area contributed by atoms with Crippen LogP contribution in [0.4, 0.5) is 8.78 Å². The number of esters is 3. The topological polar surface area (TPSA) is 133 Å². The number of rotatable bonds is 8. The molecular formula is C30H28F2O9S. The fourth-order valence-electron chi connectivity index (χ4n) is 8.20. The third-order valence-electron chi connectivity index (χ3n) is 9.88. The summed E-state index contributed by atoms with van der Waals surface area (Å²) in [7, 11) is -5.61. The molecule has 12 heteroatoms. The van der Waals surface area contributed by atoms with Crippen molar-refractivity contribution < 1.29 is 50.3 Å². The van der Waals surface area contributed by atoms with Crippen molar-refractivity contribution in [3.63, 3.8) is 0 Å². The lowest BCUT2D eigenvalue weighted by atomic mass is 9.54. The van der Waals surface area contributed by atoms with E-state index < -0.39 is 82.6 Å². The van der Waals surface area contributed by atoms with Gasteiger partial charge in [0.25, 0.3) is 0 Å². The van der Waals surface area contributed by atoms with Crippen molar-refractivity contribution in [1.82, 2.24) is 0 Å². The summed E-state index contributed by atoms with van der Waals surface area (Å²) in [5.41, 5.74) is 3.50. The zero-order valence-corrected chi connectivity index (χ0v) is 23.0. The van der Waals surface area contributed by atoms with Crippen LogP contribution in [0.2, 0.25) is 0 Å². The molecule has 6 aliphatic rings. The van der Waals surface area contributed by atoms with E-state index in [4.69, 9.17) is 18.8 Å². The molecule has 0 aromatic heterocycles. The second-order valence-electron chi connectivity index (χ2n) is 12.0. The summed E-state index contributed by atoms with van der Waals surface area (Å²) in [4.78, 5) is 40.1. The van der Waals surface area contributed by atoms with Gasteiger partial charge < -0.3 is 14.2 Å². The molecular weight excluding hydrogens is 574 g/mol. The summed E-state index contributed by atoms with van der Waals surface area (Å²) in [5, 5.41) is -4.38. The summed E-state index contributed by atoms with van der Waals surface area (Å²) >= 11 is 0. The van der Waals surface area contributed by atoms with Crippen molar-refractivity contribution in [2.45, 2.75) is 55.0 Å². The molecule has 9 nitrogen and oxygen atoms in total. The molecule has 1 aliphatic heterocycles. The standard InChI is InChI=1S/C30H28F2O9S/c31-30(32,42(36,37)38)10-5-11-39-28(34)23-21-15-6-1-3-8-17(15)22(18-9-4-2-7-16(18)21)24(23)29(35)40-25-14-12-19-20(13-14)27(33)41-26(19)25/h1-4,6-9,14,19-26H,5,10-13H2,(H,36,37,38). The van der Waals surface area contributed by atoms with Crippen molar-refractivity contribution in [1.29, 1.82) is 0 Å². The Labute approximate surface area is 240 Å². The van der Waals surface area contributed by atoms with Gasteiger partial charge in [0.05, 0.1) is 24.4 Å². The smallest absolute Gasteiger partial charge is 0.370 e. The first-order valence-electron chi connectivity index (χ1n) is 14.1. The van der Waals surface area contributed by atoms with Crippen LogP contribution < -0.4 is 0 Å². The Morgan fingerprint density at radius 3 is 2.02 bits per heavy atom. The lowest BCUT2D eigenvalue weighted by molar-refractivity contribution is -0.173. The van der Waals surface area contributed by atoms with Gasteiger partial charge in [-0.2, -0.15) is 17.2 Å².